The number of anilines is 2. The average molecular weight is 438 g/mol. The Hall–Kier alpha value is -2.35. The van der Waals surface area contributed by atoms with E-state index in [9.17, 15) is 9.59 Å². The zero-order valence-corrected chi connectivity index (χ0v) is 17.0. The standard InChI is InChI=1S/C19H17Cl2N3O3S/c20-7-9-24(10-8-21)14-4-1-12(2-5-14)17(25)22-13-3-6-16-15(11-13)23-18(28-16)19(26)27/h1-6,11H,7-10H2,(H,22,25)(H,26,27). The minimum atomic E-state index is -1.07. The van der Waals surface area contributed by atoms with Crippen LogP contribution < -0.4 is 10.2 Å². The van der Waals surface area contributed by atoms with Crippen molar-refractivity contribution in [2.75, 3.05) is 35.1 Å². The quantitative estimate of drug-likeness (QED) is 0.505. The monoisotopic (exact) mass is 437 g/mol. The molecule has 0 bridgehead atoms. The minimum absolute atomic E-state index is 0.0208. The average Bonchev–Trinajstić information content (AvgIpc) is 3.12. The number of alkyl halides is 2. The van der Waals surface area contributed by atoms with Crippen LogP contribution >= 0.6 is 34.5 Å². The van der Waals surface area contributed by atoms with E-state index in [1.807, 2.05) is 12.1 Å². The van der Waals surface area contributed by atoms with Gasteiger partial charge in [-0.15, -0.1) is 34.5 Å². The minimum Gasteiger partial charge on any atom is -0.476 e. The smallest absolute Gasteiger partial charge is 0.365 e. The fourth-order valence-electron chi connectivity index (χ4n) is 2.70. The fraction of sp³-hybridized carbons (Fsp3) is 0.211. The first-order valence-electron chi connectivity index (χ1n) is 8.44. The van der Waals surface area contributed by atoms with Gasteiger partial charge < -0.3 is 15.3 Å². The van der Waals surface area contributed by atoms with Gasteiger partial charge in [0.2, 0.25) is 5.01 Å². The van der Waals surface area contributed by atoms with E-state index in [1.54, 1.807) is 30.3 Å². The number of hydrogen-bond acceptors (Lipinski definition) is 5. The summed E-state index contributed by atoms with van der Waals surface area (Å²) in [6, 6.07) is 12.3. The van der Waals surface area contributed by atoms with Gasteiger partial charge in [-0.05, 0) is 42.5 Å². The van der Waals surface area contributed by atoms with Crippen LogP contribution in [0.25, 0.3) is 10.2 Å². The Morgan fingerprint density at radius 1 is 1.07 bits per heavy atom. The lowest BCUT2D eigenvalue weighted by Gasteiger charge is -2.22. The predicted molar refractivity (Wildman–Crippen MR) is 115 cm³/mol. The third-order valence-corrected chi connectivity index (χ3v) is 5.39. The Morgan fingerprint density at radius 2 is 1.75 bits per heavy atom. The van der Waals surface area contributed by atoms with Gasteiger partial charge >= 0.3 is 5.97 Å². The van der Waals surface area contributed by atoms with Crippen molar-refractivity contribution in [3.05, 3.63) is 53.0 Å². The van der Waals surface area contributed by atoms with E-state index in [0.717, 1.165) is 21.7 Å². The van der Waals surface area contributed by atoms with Crippen LogP contribution in [0.4, 0.5) is 11.4 Å². The molecule has 0 spiro atoms. The Labute approximate surface area is 175 Å². The van der Waals surface area contributed by atoms with E-state index >= 15 is 0 Å². The number of amides is 1. The molecule has 0 saturated carbocycles. The number of aromatic nitrogens is 1. The number of benzene rings is 2. The molecule has 3 rings (SSSR count). The van der Waals surface area contributed by atoms with Gasteiger partial charge in [0.25, 0.3) is 5.91 Å². The topological polar surface area (TPSA) is 82.5 Å². The Morgan fingerprint density at radius 3 is 2.36 bits per heavy atom. The summed E-state index contributed by atoms with van der Waals surface area (Å²) >= 11 is 12.8. The first-order chi connectivity index (χ1) is 13.5. The molecule has 1 heterocycles. The summed E-state index contributed by atoms with van der Waals surface area (Å²) in [5, 5.41) is 11.9. The van der Waals surface area contributed by atoms with Crippen molar-refractivity contribution < 1.29 is 14.7 Å². The van der Waals surface area contributed by atoms with Crippen LogP contribution in [-0.2, 0) is 0 Å². The van der Waals surface area contributed by atoms with Crippen molar-refractivity contribution in [1.29, 1.82) is 0 Å². The SMILES string of the molecule is O=C(Nc1ccc2sc(C(=O)O)nc2c1)c1ccc(N(CCCl)CCCl)cc1. The summed E-state index contributed by atoms with van der Waals surface area (Å²) in [7, 11) is 0. The lowest BCUT2D eigenvalue weighted by Crippen LogP contribution is -2.27. The number of nitrogens with zero attached hydrogens (tertiary/aromatic N) is 2. The van der Waals surface area contributed by atoms with Gasteiger partial charge in [-0.3, -0.25) is 4.79 Å². The van der Waals surface area contributed by atoms with Gasteiger partial charge in [0.05, 0.1) is 10.2 Å². The molecule has 0 aliphatic heterocycles. The van der Waals surface area contributed by atoms with Gasteiger partial charge in [-0.2, -0.15) is 0 Å². The molecule has 1 amide bonds. The molecule has 1 aromatic heterocycles. The highest BCUT2D eigenvalue weighted by atomic mass is 35.5. The van der Waals surface area contributed by atoms with Gasteiger partial charge in [0.15, 0.2) is 0 Å². The Bertz CT molecular complexity index is 986. The van der Waals surface area contributed by atoms with Crippen molar-refractivity contribution in [1.82, 2.24) is 4.98 Å². The highest BCUT2D eigenvalue weighted by Crippen LogP contribution is 2.25. The fourth-order valence-corrected chi connectivity index (χ4v) is 3.89. The van der Waals surface area contributed by atoms with Crippen LogP contribution in [0, 0.1) is 0 Å². The molecule has 2 aromatic carbocycles. The zero-order chi connectivity index (χ0) is 20.1. The summed E-state index contributed by atoms with van der Waals surface area (Å²) in [6.45, 7) is 1.34. The predicted octanol–water partition coefficient (Wildman–Crippen LogP) is 4.53. The summed E-state index contributed by atoms with van der Waals surface area (Å²) in [6.07, 6.45) is 0. The van der Waals surface area contributed by atoms with Crippen molar-refractivity contribution in [3.63, 3.8) is 0 Å². The Balaban J connectivity index is 1.73. The highest BCUT2D eigenvalue weighted by Gasteiger charge is 2.13. The molecule has 0 unspecified atom stereocenters. The lowest BCUT2D eigenvalue weighted by atomic mass is 10.1. The molecule has 2 N–H and O–H groups in total. The Kier molecular flexibility index (Phi) is 6.72. The van der Waals surface area contributed by atoms with Gasteiger partial charge in [0.1, 0.15) is 0 Å². The maximum absolute atomic E-state index is 12.5. The first kappa shape index (κ1) is 20.4. The van der Waals surface area contributed by atoms with E-state index in [0.29, 0.717) is 41.6 Å². The number of carboxylic acids is 1. The van der Waals surface area contributed by atoms with Crippen molar-refractivity contribution in [2.24, 2.45) is 0 Å². The number of aromatic carboxylic acids is 1. The zero-order valence-electron chi connectivity index (χ0n) is 14.7. The van der Waals surface area contributed by atoms with E-state index in [-0.39, 0.29) is 10.9 Å². The molecular weight excluding hydrogens is 421 g/mol. The first-order valence-corrected chi connectivity index (χ1v) is 10.3. The second-order valence-electron chi connectivity index (χ2n) is 5.87. The normalized spacial score (nSPS) is 10.8. The molecule has 0 radical (unpaired) electrons. The van der Waals surface area contributed by atoms with Crippen LogP contribution in [0.15, 0.2) is 42.5 Å². The van der Waals surface area contributed by atoms with E-state index < -0.39 is 5.97 Å². The molecule has 28 heavy (non-hydrogen) atoms. The maximum Gasteiger partial charge on any atom is 0.365 e. The highest BCUT2D eigenvalue weighted by molar-refractivity contribution is 7.20. The number of rotatable bonds is 8. The lowest BCUT2D eigenvalue weighted by molar-refractivity contribution is 0.0696. The number of carboxylic acid groups (broad SMARTS) is 1. The number of hydrogen-bond donors (Lipinski definition) is 2. The molecule has 6 nitrogen and oxygen atoms in total. The number of carbonyl (C=O) groups is 2. The molecule has 0 saturated heterocycles. The molecule has 146 valence electrons. The number of fused-ring (bicyclic) bond motifs is 1. The molecule has 0 aliphatic carbocycles. The van der Waals surface area contributed by atoms with Crippen LogP contribution in [0.1, 0.15) is 20.2 Å². The molecule has 9 heteroatoms. The maximum atomic E-state index is 12.5. The second kappa shape index (κ2) is 9.23. The van der Waals surface area contributed by atoms with Crippen LogP contribution in [-0.4, -0.2) is 46.8 Å². The molecule has 0 fully saturated rings. The van der Waals surface area contributed by atoms with Crippen LogP contribution in [0.3, 0.4) is 0 Å². The van der Waals surface area contributed by atoms with Gasteiger partial charge in [0, 0.05) is 41.8 Å². The van der Waals surface area contributed by atoms with E-state index in [2.05, 4.69) is 15.2 Å². The third-order valence-electron chi connectivity index (χ3n) is 4.03. The van der Waals surface area contributed by atoms with Crippen molar-refractivity contribution >= 4 is 68.0 Å². The molecule has 0 aliphatic rings. The number of thiazole rings is 1. The summed E-state index contributed by atoms with van der Waals surface area (Å²) in [5.74, 6) is -0.353. The van der Waals surface area contributed by atoms with Crippen molar-refractivity contribution in [2.45, 2.75) is 0 Å². The third kappa shape index (κ3) is 4.73. The summed E-state index contributed by atoms with van der Waals surface area (Å²) in [5.41, 5.74) is 2.54. The van der Waals surface area contributed by atoms with E-state index in [4.69, 9.17) is 28.3 Å². The van der Waals surface area contributed by atoms with Crippen LogP contribution in [0.2, 0.25) is 0 Å². The molecule has 0 atom stereocenters. The summed E-state index contributed by atoms with van der Waals surface area (Å²) < 4.78 is 0.749. The van der Waals surface area contributed by atoms with Crippen LogP contribution in [0.5, 0.6) is 0 Å². The number of halogens is 2. The van der Waals surface area contributed by atoms with Gasteiger partial charge in [-0.25, -0.2) is 9.78 Å². The number of nitrogens with one attached hydrogen (secondary N) is 1. The molecule has 3 aromatic rings. The van der Waals surface area contributed by atoms with E-state index in [1.165, 1.54) is 0 Å². The van der Waals surface area contributed by atoms with Gasteiger partial charge in [-0.1, -0.05) is 0 Å². The van der Waals surface area contributed by atoms with Crippen molar-refractivity contribution in [3.8, 4) is 0 Å². The largest absolute Gasteiger partial charge is 0.476 e. The summed E-state index contributed by atoms with van der Waals surface area (Å²) in [4.78, 5) is 29.7. The second-order valence-corrected chi connectivity index (χ2v) is 7.66. The number of carbonyl (C=O) groups excluding carboxylic acids is 1. The molecular formula is C19H17Cl2N3O3S.